The maximum Gasteiger partial charge on any atom is 0.272 e. The number of nitrogens with zero attached hydrogens (tertiary/aromatic N) is 1. The molecule has 0 aliphatic rings. The normalized spacial score (nSPS) is 14.2. The minimum Gasteiger partial charge on any atom is -0.390 e. The zero-order chi connectivity index (χ0) is 14.6. The highest BCUT2D eigenvalue weighted by atomic mass is 16.6. The SMILES string of the molecule is CNCCC(O)C(O)c1cc([N+](=O)[O-])c(C)cc1C. The summed E-state index contributed by atoms with van der Waals surface area (Å²) >= 11 is 0. The summed E-state index contributed by atoms with van der Waals surface area (Å²) in [6, 6.07) is 3.00. The van der Waals surface area contributed by atoms with Crippen molar-refractivity contribution < 1.29 is 15.1 Å². The van der Waals surface area contributed by atoms with Crippen molar-refractivity contribution in [2.75, 3.05) is 13.6 Å². The number of benzene rings is 1. The van der Waals surface area contributed by atoms with E-state index in [-0.39, 0.29) is 5.69 Å². The molecule has 0 aliphatic carbocycles. The molecule has 0 spiro atoms. The van der Waals surface area contributed by atoms with Crippen molar-refractivity contribution in [3.8, 4) is 0 Å². The van der Waals surface area contributed by atoms with Gasteiger partial charge in [-0.2, -0.15) is 0 Å². The Bertz CT molecular complexity index is 462. The highest BCUT2D eigenvalue weighted by molar-refractivity contribution is 5.47. The van der Waals surface area contributed by atoms with Gasteiger partial charge >= 0.3 is 0 Å². The molecular weight excluding hydrogens is 248 g/mol. The van der Waals surface area contributed by atoms with Crippen molar-refractivity contribution in [1.82, 2.24) is 5.32 Å². The summed E-state index contributed by atoms with van der Waals surface area (Å²) in [6.07, 6.45) is -1.69. The number of hydrogen-bond acceptors (Lipinski definition) is 5. The lowest BCUT2D eigenvalue weighted by Gasteiger charge is -2.20. The van der Waals surface area contributed by atoms with Gasteiger partial charge in [-0.3, -0.25) is 10.1 Å². The third kappa shape index (κ3) is 3.73. The number of nitro benzene ring substituents is 1. The lowest BCUT2D eigenvalue weighted by atomic mass is 9.95. The van der Waals surface area contributed by atoms with Crippen LogP contribution in [0.3, 0.4) is 0 Å². The summed E-state index contributed by atoms with van der Waals surface area (Å²) in [6.45, 7) is 3.98. The van der Waals surface area contributed by atoms with E-state index in [1.807, 2.05) is 0 Å². The number of nitrogens with one attached hydrogen (secondary N) is 1. The van der Waals surface area contributed by atoms with Crippen molar-refractivity contribution in [3.05, 3.63) is 38.9 Å². The van der Waals surface area contributed by atoms with Crippen LogP contribution < -0.4 is 5.32 Å². The zero-order valence-electron chi connectivity index (χ0n) is 11.4. The van der Waals surface area contributed by atoms with Crippen molar-refractivity contribution in [2.24, 2.45) is 0 Å². The molecule has 1 rings (SSSR count). The van der Waals surface area contributed by atoms with Crippen LogP contribution in [0.5, 0.6) is 0 Å². The molecule has 6 nitrogen and oxygen atoms in total. The van der Waals surface area contributed by atoms with E-state index in [1.54, 1.807) is 27.0 Å². The molecule has 0 heterocycles. The van der Waals surface area contributed by atoms with Crippen molar-refractivity contribution in [3.63, 3.8) is 0 Å². The fraction of sp³-hybridized carbons (Fsp3) is 0.538. The standard InChI is InChI=1S/C13H20N2O4/c1-8-6-9(2)11(15(18)19)7-10(8)13(17)12(16)4-5-14-3/h6-7,12-14,16-17H,4-5H2,1-3H3. The van der Waals surface area contributed by atoms with Crippen LogP contribution >= 0.6 is 0 Å². The van der Waals surface area contributed by atoms with E-state index in [0.717, 1.165) is 5.56 Å². The molecule has 0 saturated heterocycles. The largest absolute Gasteiger partial charge is 0.390 e. The van der Waals surface area contributed by atoms with Crippen LogP contribution in [0, 0.1) is 24.0 Å². The van der Waals surface area contributed by atoms with Crippen molar-refractivity contribution in [2.45, 2.75) is 32.5 Å². The molecule has 2 atom stereocenters. The monoisotopic (exact) mass is 268 g/mol. The van der Waals surface area contributed by atoms with E-state index in [9.17, 15) is 20.3 Å². The van der Waals surface area contributed by atoms with Gasteiger partial charge in [0.25, 0.3) is 5.69 Å². The maximum atomic E-state index is 10.9. The molecule has 0 bridgehead atoms. The summed E-state index contributed by atoms with van der Waals surface area (Å²) in [5.41, 5.74) is 1.64. The first-order chi connectivity index (χ1) is 8.88. The fourth-order valence-electron chi connectivity index (χ4n) is 2.03. The third-order valence-electron chi connectivity index (χ3n) is 3.15. The maximum absolute atomic E-state index is 10.9. The highest BCUT2D eigenvalue weighted by Gasteiger charge is 2.23. The molecule has 3 N–H and O–H groups in total. The molecule has 0 aromatic heterocycles. The van der Waals surface area contributed by atoms with Crippen LogP contribution in [0.25, 0.3) is 0 Å². The third-order valence-corrected chi connectivity index (χ3v) is 3.15. The number of aliphatic hydroxyl groups is 2. The first-order valence-electron chi connectivity index (χ1n) is 6.14. The Labute approximate surface area is 112 Å². The lowest BCUT2D eigenvalue weighted by Crippen LogP contribution is -2.24. The molecule has 0 aliphatic heterocycles. The second-order valence-corrected chi connectivity index (χ2v) is 4.66. The summed E-state index contributed by atoms with van der Waals surface area (Å²) in [5.74, 6) is 0. The quantitative estimate of drug-likeness (QED) is 0.532. The molecule has 2 unspecified atom stereocenters. The average molecular weight is 268 g/mol. The number of aliphatic hydroxyl groups excluding tert-OH is 2. The van der Waals surface area contributed by atoms with Gasteiger partial charge in [0, 0.05) is 11.6 Å². The molecule has 1 aromatic rings. The molecule has 6 heteroatoms. The van der Waals surface area contributed by atoms with Gasteiger partial charge in [0.15, 0.2) is 0 Å². The number of rotatable bonds is 6. The van der Waals surface area contributed by atoms with Crippen LogP contribution in [0.15, 0.2) is 12.1 Å². The van der Waals surface area contributed by atoms with Crippen LogP contribution in [0.1, 0.15) is 29.2 Å². The topological polar surface area (TPSA) is 95.6 Å². The van der Waals surface area contributed by atoms with Crippen LogP contribution in [0.4, 0.5) is 5.69 Å². The number of aryl methyl sites for hydroxylation is 2. The van der Waals surface area contributed by atoms with E-state index in [2.05, 4.69) is 5.32 Å². The summed E-state index contributed by atoms with van der Waals surface area (Å²) in [4.78, 5) is 10.4. The molecule has 106 valence electrons. The molecular formula is C13H20N2O4. The molecule has 0 fully saturated rings. The van der Waals surface area contributed by atoms with E-state index in [1.165, 1.54) is 6.07 Å². The molecule has 19 heavy (non-hydrogen) atoms. The Morgan fingerprint density at radius 3 is 2.47 bits per heavy atom. The van der Waals surface area contributed by atoms with Gasteiger partial charge in [-0.1, -0.05) is 0 Å². The summed E-state index contributed by atoms with van der Waals surface area (Å²) < 4.78 is 0. The Morgan fingerprint density at radius 2 is 1.95 bits per heavy atom. The molecule has 0 saturated carbocycles. The average Bonchev–Trinajstić information content (AvgIpc) is 2.34. The minimum atomic E-state index is -1.12. The van der Waals surface area contributed by atoms with Gasteiger partial charge in [-0.05, 0) is 51.1 Å². The second kappa shape index (κ2) is 6.60. The van der Waals surface area contributed by atoms with E-state index < -0.39 is 17.1 Å². The number of nitro groups is 1. The van der Waals surface area contributed by atoms with E-state index >= 15 is 0 Å². The Balaban J connectivity index is 3.05. The van der Waals surface area contributed by atoms with Gasteiger partial charge in [0.1, 0.15) is 6.10 Å². The fourth-order valence-corrected chi connectivity index (χ4v) is 2.03. The van der Waals surface area contributed by atoms with Crippen molar-refractivity contribution in [1.29, 1.82) is 0 Å². The molecule has 0 amide bonds. The molecule has 1 aromatic carbocycles. The Morgan fingerprint density at radius 1 is 1.32 bits per heavy atom. The molecule has 0 radical (unpaired) electrons. The zero-order valence-corrected chi connectivity index (χ0v) is 11.4. The van der Waals surface area contributed by atoms with Gasteiger partial charge in [-0.25, -0.2) is 0 Å². The van der Waals surface area contributed by atoms with Crippen molar-refractivity contribution >= 4 is 5.69 Å². The highest BCUT2D eigenvalue weighted by Crippen LogP contribution is 2.29. The first kappa shape index (κ1) is 15.6. The predicted molar refractivity (Wildman–Crippen MR) is 72.1 cm³/mol. The minimum absolute atomic E-state index is 0.0412. The van der Waals surface area contributed by atoms with E-state index in [4.69, 9.17) is 0 Å². The first-order valence-corrected chi connectivity index (χ1v) is 6.14. The lowest BCUT2D eigenvalue weighted by molar-refractivity contribution is -0.385. The Kier molecular flexibility index (Phi) is 5.41. The smallest absolute Gasteiger partial charge is 0.272 e. The van der Waals surface area contributed by atoms with Crippen LogP contribution in [-0.2, 0) is 0 Å². The van der Waals surface area contributed by atoms with Gasteiger partial charge in [0.2, 0.25) is 0 Å². The predicted octanol–water partition coefficient (Wildman–Crippen LogP) is 1.22. The summed E-state index contributed by atoms with van der Waals surface area (Å²) in [5, 5.41) is 33.7. The van der Waals surface area contributed by atoms with Gasteiger partial charge in [0.05, 0.1) is 11.0 Å². The summed E-state index contributed by atoms with van der Waals surface area (Å²) in [7, 11) is 1.75. The second-order valence-electron chi connectivity index (χ2n) is 4.66. The van der Waals surface area contributed by atoms with Crippen LogP contribution in [-0.4, -0.2) is 34.8 Å². The number of hydrogen-bond donors (Lipinski definition) is 3. The van der Waals surface area contributed by atoms with E-state index in [0.29, 0.717) is 24.1 Å². The van der Waals surface area contributed by atoms with Crippen LogP contribution in [0.2, 0.25) is 0 Å². The van der Waals surface area contributed by atoms with Gasteiger partial charge in [-0.15, -0.1) is 0 Å². The Hall–Kier alpha value is -1.50. The van der Waals surface area contributed by atoms with Gasteiger partial charge < -0.3 is 15.5 Å².